The minimum Gasteiger partial charge on any atom is -0.330 e. The molecule has 0 aromatic heterocycles. The van der Waals surface area contributed by atoms with Gasteiger partial charge < -0.3 is 5.73 Å². The average molecular weight is 194 g/mol. The van der Waals surface area contributed by atoms with Crippen LogP contribution in [0.1, 0.15) is 20.3 Å². The molecule has 74 valence electrons. The fourth-order valence-corrected chi connectivity index (χ4v) is 2.19. The predicted octanol–water partition coefficient (Wildman–Crippen LogP) is 0.00520. The molecule has 0 amide bonds. The van der Waals surface area contributed by atoms with E-state index in [4.69, 9.17) is 5.73 Å². The summed E-state index contributed by atoms with van der Waals surface area (Å²) in [6.07, 6.45) is 0.527. The average Bonchev–Trinajstić information content (AvgIpc) is 1.99. The molecule has 0 atom stereocenters. The Morgan fingerprint density at radius 2 is 1.92 bits per heavy atom. The van der Waals surface area contributed by atoms with Crippen LogP contribution in [0.5, 0.6) is 0 Å². The topological polar surface area (TPSA) is 63.4 Å². The largest absolute Gasteiger partial charge is 0.330 e. The molecule has 2 N–H and O–H groups in total. The molecule has 0 aliphatic carbocycles. The molecule has 12 heavy (non-hydrogen) atoms. The molecule has 0 spiro atoms. The lowest BCUT2D eigenvalue weighted by molar-refractivity contribution is 0.410. The minimum absolute atomic E-state index is 0.0211. The summed E-state index contributed by atoms with van der Waals surface area (Å²) in [5, 5.41) is 0. The third-order valence-electron chi connectivity index (χ3n) is 1.77. The maximum atomic E-state index is 11.4. The number of rotatable bonds is 5. The van der Waals surface area contributed by atoms with E-state index in [0.29, 0.717) is 13.0 Å². The molecule has 0 aliphatic heterocycles. The van der Waals surface area contributed by atoms with Crippen LogP contribution in [-0.2, 0) is 10.0 Å². The summed E-state index contributed by atoms with van der Waals surface area (Å²) in [6, 6.07) is 0.0211. The Balaban J connectivity index is 4.21. The summed E-state index contributed by atoms with van der Waals surface area (Å²) >= 11 is 0. The number of hydrogen-bond donors (Lipinski definition) is 1. The summed E-state index contributed by atoms with van der Waals surface area (Å²) in [5.74, 6) is 0.151. The summed E-state index contributed by atoms with van der Waals surface area (Å²) in [5.41, 5.74) is 5.23. The Labute approximate surface area is 74.8 Å². The molecule has 0 aromatic rings. The minimum atomic E-state index is -3.07. The highest BCUT2D eigenvalue weighted by molar-refractivity contribution is 7.89. The van der Waals surface area contributed by atoms with Crippen molar-refractivity contribution in [3.05, 3.63) is 0 Å². The van der Waals surface area contributed by atoms with E-state index in [-0.39, 0.29) is 11.8 Å². The Morgan fingerprint density at radius 1 is 1.42 bits per heavy atom. The third kappa shape index (κ3) is 3.51. The molecule has 0 saturated carbocycles. The van der Waals surface area contributed by atoms with Gasteiger partial charge in [-0.3, -0.25) is 0 Å². The molecule has 0 saturated heterocycles. The quantitative estimate of drug-likeness (QED) is 0.670. The van der Waals surface area contributed by atoms with E-state index < -0.39 is 10.0 Å². The monoisotopic (exact) mass is 194 g/mol. The lowest BCUT2D eigenvalue weighted by atomic mass is 10.4. The van der Waals surface area contributed by atoms with Gasteiger partial charge in [0.05, 0.1) is 5.75 Å². The van der Waals surface area contributed by atoms with Gasteiger partial charge in [-0.05, 0) is 26.8 Å². The highest BCUT2D eigenvalue weighted by Gasteiger charge is 2.19. The first-order valence-electron chi connectivity index (χ1n) is 4.07. The molecule has 0 unspecified atom stereocenters. The lowest BCUT2D eigenvalue weighted by Crippen LogP contribution is -2.35. The maximum absolute atomic E-state index is 11.4. The second-order valence-electron chi connectivity index (χ2n) is 3.07. The smallest absolute Gasteiger partial charge is 0.214 e. The van der Waals surface area contributed by atoms with E-state index in [1.807, 2.05) is 13.8 Å². The van der Waals surface area contributed by atoms with E-state index in [0.717, 1.165) is 0 Å². The SMILES string of the molecule is CC(C)N(C)S(=O)(=O)CCCN. The first-order chi connectivity index (χ1) is 5.41. The van der Waals surface area contributed by atoms with Gasteiger partial charge in [0.1, 0.15) is 0 Å². The standard InChI is InChI=1S/C7H18N2O2S/c1-7(2)9(3)12(10,11)6-4-5-8/h7H,4-6,8H2,1-3H3. The highest BCUT2D eigenvalue weighted by Crippen LogP contribution is 2.04. The first kappa shape index (κ1) is 11.9. The van der Waals surface area contributed by atoms with E-state index in [2.05, 4.69) is 0 Å². The second-order valence-corrected chi connectivity index (χ2v) is 5.22. The van der Waals surface area contributed by atoms with Crippen LogP contribution in [0.15, 0.2) is 0 Å². The molecule has 0 rings (SSSR count). The summed E-state index contributed by atoms with van der Waals surface area (Å²) in [7, 11) is -1.47. The van der Waals surface area contributed by atoms with Crippen molar-refractivity contribution in [3.8, 4) is 0 Å². The van der Waals surface area contributed by atoms with Crippen LogP contribution in [0.25, 0.3) is 0 Å². The van der Waals surface area contributed by atoms with Gasteiger partial charge in [-0.2, -0.15) is 0 Å². The van der Waals surface area contributed by atoms with Gasteiger partial charge in [-0.15, -0.1) is 0 Å². The van der Waals surface area contributed by atoms with E-state index in [1.54, 1.807) is 7.05 Å². The second kappa shape index (κ2) is 4.79. The Hall–Kier alpha value is -0.130. The lowest BCUT2D eigenvalue weighted by Gasteiger charge is -2.20. The van der Waals surface area contributed by atoms with Gasteiger partial charge in [-0.1, -0.05) is 0 Å². The van der Waals surface area contributed by atoms with Gasteiger partial charge in [0.25, 0.3) is 0 Å². The van der Waals surface area contributed by atoms with Crippen LogP contribution in [0, 0.1) is 0 Å². The van der Waals surface area contributed by atoms with Crippen molar-refractivity contribution in [1.82, 2.24) is 4.31 Å². The fourth-order valence-electron chi connectivity index (χ4n) is 0.731. The van der Waals surface area contributed by atoms with Gasteiger partial charge in [0.15, 0.2) is 0 Å². The van der Waals surface area contributed by atoms with Crippen molar-refractivity contribution in [2.75, 3.05) is 19.3 Å². The van der Waals surface area contributed by atoms with Crippen LogP contribution in [0.2, 0.25) is 0 Å². The van der Waals surface area contributed by atoms with Crippen LogP contribution < -0.4 is 5.73 Å². The van der Waals surface area contributed by atoms with Crippen molar-refractivity contribution in [3.63, 3.8) is 0 Å². The van der Waals surface area contributed by atoms with Gasteiger partial charge >= 0.3 is 0 Å². The van der Waals surface area contributed by atoms with Crippen molar-refractivity contribution in [2.45, 2.75) is 26.3 Å². The highest BCUT2D eigenvalue weighted by atomic mass is 32.2. The molecule has 0 radical (unpaired) electrons. The molecule has 0 fully saturated rings. The Morgan fingerprint density at radius 3 is 2.25 bits per heavy atom. The Kier molecular flexibility index (Phi) is 4.74. The third-order valence-corrected chi connectivity index (χ3v) is 3.88. The zero-order chi connectivity index (χ0) is 9.78. The summed E-state index contributed by atoms with van der Waals surface area (Å²) < 4.78 is 24.2. The molecule has 0 aromatic carbocycles. The zero-order valence-electron chi connectivity index (χ0n) is 7.95. The predicted molar refractivity (Wildman–Crippen MR) is 50.4 cm³/mol. The number of hydrogen-bond acceptors (Lipinski definition) is 3. The van der Waals surface area contributed by atoms with E-state index in [1.165, 1.54) is 4.31 Å². The van der Waals surface area contributed by atoms with E-state index in [9.17, 15) is 8.42 Å². The van der Waals surface area contributed by atoms with E-state index >= 15 is 0 Å². The van der Waals surface area contributed by atoms with Crippen LogP contribution in [0.3, 0.4) is 0 Å². The van der Waals surface area contributed by atoms with Crippen LogP contribution in [0.4, 0.5) is 0 Å². The Bertz CT molecular complexity index is 211. The molecular weight excluding hydrogens is 176 g/mol. The molecule has 5 heteroatoms. The molecular formula is C7H18N2O2S. The number of nitrogens with zero attached hydrogens (tertiary/aromatic N) is 1. The molecule has 0 bridgehead atoms. The van der Waals surface area contributed by atoms with Crippen molar-refractivity contribution < 1.29 is 8.42 Å². The van der Waals surface area contributed by atoms with Crippen molar-refractivity contribution >= 4 is 10.0 Å². The van der Waals surface area contributed by atoms with Crippen molar-refractivity contribution in [2.24, 2.45) is 5.73 Å². The number of nitrogens with two attached hydrogens (primary N) is 1. The van der Waals surface area contributed by atoms with Crippen LogP contribution in [-0.4, -0.2) is 38.1 Å². The molecule has 4 nitrogen and oxygen atoms in total. The van der Waals surface area contributed by atoms with Crippen molar-refractivity contribution in [1.29, 1.82) is 0 Å². The summed E-state index contributed by atoms with van der Waals surface area (Å²) in [4.78, 5) is 0. The first-order valence-corrected chi connectivity index (χ1v) is 5.68. The number of sulfonamides is 1. The molecule has 0 heterocycles. The molecule has 0 aliphatic rings. The fraction of sp³-hybridized carbons (Fsp3) is 1.00. The maximum Gasteiger partial charge on any atom is 0.214 e. The van der Waals surface area contributed by atoms with Gasteiger partial charge in [0.2, 0.25) is 10.0 Å². The normalized spacial score (nSPS) is 12.8. The van der Waals surface area contributed by atoms with Crippen LogP contribution >= 0.6 is 0 Å². The van der Waals surface area contributed by atoms with Gasteiger partial charge in [0, 0.05) is 13.1 Å². The zero-order valence-corrected chi connectivity index (χ0v) is 8.76. The van der Waals surface area contributed by atoms with Gasteiger partial charge in [-0.25, -0.2) is 12.7 Å². The summed E-state index contributed by atoms with van der Waals surface area (Å²) in [6.45, 7) is 4.12.